The van der Waals surface area contributed by atoms with E-state index in [1.165, 1.54) is 23.5 Å². The van der Waals surface area contributed by atoms with E-state index in [1.54, 1.807) is 30.3 Å². The molecule has 1 heterocycles. The molecule has 29 heavy (non-hydrogen) atoms. The van der Waals surface area contributed by atoms with Crippen molar-refractivity contribution in [3.05, 3.63) is 82.9 Å². The predicted octanol–water partition coefficient (Wildman–Crippen LogP) is -1.10. The SMILES string of the molecule is BC(B)(c1ccccc1)S(=O)(=O)OC1=C(N)O[C@@](B)(c2ccc(F)c(F)c2)C1=O. The zero-order chi connectivity index (χ0) is 21.6. The highest BCUT2D eigenvalue weighted by Crippen LogP contribution is 2.38. The largest absolute Gasteiger partial charge is 0.467 e. The van der Waals surface area contributed by atoms with Crippen LogP contribution in [-0.2, 0) is 33.9 Å². The smallest absolute Gasteiger partial charge is 0.304 e. The summed E-state index contributed by atoms with van der Waals surface area (Å²) in [6.07, 6.45) is 0. The summed E-state index contributed by atoms with van der Waals surface area (Å²) in [4.78, 5) is 12.9. The molecule has 0 radical (unpaired) electrons. The third kappa shape index (κ3) is 3.41. The second-order valence-electron chi connectivity index (χ2n) is 7.20. The Bertz CT molecular complexity index is 1130. The zero-order valence-corrected chi connectivity index (χ0v) is 16.7. The van der Waals surface area contributed by atoms with E-state index in [2.05, 4.69) is 0 Å². The first kappa shape index (κ1) is 21.0. The van der Waals surface area contributed by atoms with E-state index >= 15 is 0 Å². The second-order valence-corrected chi connectivity index (χ2v) is 9.30. The van der Waals surface area contributed by atoms with Gasteiger partial charge in [0.1, 0.15) is 15.7 Å². The van der Waals surface area contributed by atoms with Gasteiger partial charge in [-0.2, -0.15) is 8.42 Å². The minimum Gasteiger partial charge on any atom is -0.467 e. The van der Waals surface area contributed by atoms with E-state index in [-0.39, 0.29) is 5.56 Å². The Balaban J connectivity index is 1.95. The fraction of sp³-hybridized carbons (Fsp3) is 0.118. The van der Waals surface area contributed by atoms with Crippen molar-refractivity contribution in [3.8, 4) is 0 Å². The number of carbonyl (C=O) groups excluding carboxylic acids is 1. The molecule has 1 aliphatic rings. The number of carbonyl (C=O) groups is 1. The normalized spacial score (nSPS) is 19.9. The zero-order valence-electron chi connectivity index (χ0n) is 15.9. The number of benzene rings is 2. The minimum atomic E-state index is -4.38. The highest BCUT2D eigenvalue weighted by atomic mass is 32.2. The van der Waals surface area contributed by atoms with Crippen molar-refractivity contribution in [1.82, 2.24) is 0 Å². The molecular weight excluding hydrogens is 401 g/mol. The van der Waals surface area contributed by atoms with Crippen molar-refractivity contribution in [2.75, 3.05) is 0 Å². The summed E-state index contributed by atoms with van der Waals surface area (Å²) in [5.41, 5.74) is 4.26. The molecule has 3 rings (SSSR count). The van der Waals surface area contributed by atoms with Crippen LogP contribution in [0.25, 0.3) is 0 Å². The molecule has 0 spiro atoms. The molecule has 0 aromatic heterocycles. The summed E-state index contributed by atoms with van der Waals surface area (Å²) >= 11 is 0. The molecule has 2 aromatic carbocycles. The Morgan fingerprint density at radius 3 is 2.28 bits per heavy atom. The Labute approximate surface area is 169 Å². The van der Waals surface area contributed by atoms with Crippen molar-refractivity contribution in [2.24, 2.45) is 5.73 Å². The number of halogens is 2. The van der Waals surface area contributed by atoms with Gasteiger partial charge in [-0.05, 0) is 23.3 Å². The van der Waals surface area contributed by atoms with Crippen LogP contribution in [0.3, 0.4) is 0 Å². The van der Waals surface area contributed by atoms with Crippen molar-refractivity contribution in [2.45, 2.75) is 10.0 Å². The van der Waals surface area contributed by atoms with Crippen LogP contribution in [0.1, 0.15) is 11.1 Å². The summed E-state index contributed by atoms with van der Waals surface area (Å²) in [5, 5.41) is 0. The fourth-order valence-corrected chi connectivity index (χ4v) is 3.91. The lowest BCUT2D eigenvalue weighted by Gasteiger charge is -2.26. The van der Waals surface area contributed by atoms with Gasteiger partial charge in [0, 0.05) is 0 Å². The first-order valence-electron chi connectivity index (χ1n) is 8.59. The number of nitrogens with two attached hydrogens (primary N) is 1. The highest BCUT2D eigenvalue weighted by molar-refractivity contribution is 7.90. The topological polar surface area (TPSA) is 95.7 Å². The summed E-state index contributed by atoms with van der Waals surface area (Å²) < 4.78 is 61.6. The van der Waals surface area contributed by atoms with Gasteiger partial charge in [0.15, 0.2) is 25.0 Å². The number of ketones is 1. The van der Waals surface area contributed by atoms with E-state index in [1.807, 2.05) is 0 Å². The number of hydrogen-bond donors (Lipinski definition) is 1. The van der Waals surface area contributed by atoms with Gasteiger partial charge in [0.25, 0.3) is 0 Å². The molecule has 12 heteroatoms. The molecule has 0 amide bonds. The van der Waals surface area contributed by atoms with Gasteiger partial charge in [-0.25, -0.2) is 8.78 Å². The minimum absolute atomic E-state index is 0.0392. The van der Waals surface area contributed by atoms with Crippen LogP contribution < -0.4 is 5.73 Å². The second kappa shape index (κ2) is 6.94. The molecule has 1 atom stereocenters. The molecule has 2 aromatic rings. The lowest BCUT2D eigenvalue weighted by atomic mass is 9.65. The van der Waals surface area contributed by atoms with Gasteiger partial charge in [-0.1, -0.05) is 36.4 Å². The van der Waals surface area contributed by atoms with Crippen LogP contribution in [0.15, 0.2) is 60.2 Å². The fourth-order valence-electron chi connectivity index (χ4n) is 2.90. The Morgan fingerprint density at radius 1 is 1.07 bits per heavy atom. The lowest BCUT2D eigenvalue weighted by molar-refractivity contribution is -0.126. The highest BCUT2D eigenvalue weighted by Gasteiger charge is 2.51. The van der Waals surface area contributed by atoms with E-state index in [9.17, 15) is 22.0 Å². The predicted molar refractivity (Wildman–Crippen MR) is 109 cm³/mol. The van der Waals surface area contributed by atoms with Crippen LogP contribution in [0.2, 0.25) is 0 Å². The molecular formula is C17H16B3F2NO5S. The molecule has 0 saturated heterocycles. The van der Waals surface area contributed by atoms with Crippen LogP contribution in [0, 0.1) is 11.6 Å². The van der Waals surface area contributed by atoms with Crippen molar-refractivity contribution in [1.29, 1.82) is 0 Å². The van der Waals surface area contributed by atoms with Gasteiger partial charge in [0.2, 0.25) is 17.4 Å². The first-order chi connectivity index (χ1) is 13.4. The molecule has 0 fully saturated rings. The Kier molecular flexibility index (Phi) is 5.02. The number of rotatable bonds is 5. The summed E-state index contributed by atoms with van der Waals surface area (Å²) in [6.45, 7) is 0. The van der Waals surface area contributed by atoms with Gasteiger partial charge < -0.3 is 14.7 Å². The molecule has 6 nitrogen and oxygen atoms in total. The maximum atomic E-state index is 13.6. The van der Waals surface area contributed by atoms with Gasteiger partial charge in [0.05, 0.1) is 4.55 Å². The quantitative estimate of drug-likeness (QED) is 0.491. The van der Waals surface area contributed by atoms with Crippen molar-refractivity contribution < 1.29 is 30.9 Å². The third-order valence-electron chi connectivity index (χ3n) is 4.93. The Morgan fingerprint density at radius 2 is 1.69 bits per heavy atom. The number of Topliss-reactive ketones (excluding diaryl/α,β-unsaturated/α-hetero) is 1. The average molecular weight is 417 g/mol. The van der Waals surface area contributed by atoms with Crippen LogP contribution in [0.5, 0.6) is 0 Å². The first-order valence-corrected chi connectivity index (χ1v) is 9.99. The van der Waals surface area contributed by atoms with Crippen LogP contribution in [-0.4, -0.2) is 37.7 Å². The summed E-state index contributed by atoms with van der Waals surface area (Å²) in [6, 6.07) is 11.1. The molecule has 1 aliphatic heterocycles. The summed E-state index contributed by atoms with van der Waals surface area (Å²) in [5.74, 6) is -4.48. The molecule has 0 saturated carbocycles. The van der Waals surface area contributed by atoms with Gasteiger partial charge >= 0.3 is 10.1 Å². The van der Waals surface area contributed by atoms with E-state index in [0.29, 0.717) is 5.56 Å². The van der Waals surface area contributed by atoms with E-state index < -0.39 is 49.2 Å². The van der Waals surface area contributed by atoms with Gasteiger partial charge in [-0.15, -0.1) is 0 Å². The van der Waals surface area contributed by atoms with Crippen molar-refractivity contribution in [3.63, 3.8) is 0 Å². The maximum Gasteiger partial charge on any atom is 0.304 e. The average Bonchev–Trinajstić information content (AvgIpc) is 2.88. The molecule has 0 unspecified atom stereocenters. The van der Waals surface area contributed by atoms with E-state index in [4.69, 9.17) is 14.7 Å². The standard InChI is InChI=1S/C17H16B3F2NO5S/c18-16(10-6-7-11(21)12(22)8-10)14(24)13(15(23)27-16)28-29(25,26)17(19,20)9-4-2-1-3-5-9/h1-8H,18-20,23H2/t16-/m0/s1. The van der Waals surface area contributed by atoms with Crippen LogP contribution >= 0.6 is 0 Å². The van der Waals surface area contributed by atoms with Crippen molar-refractivity contribution >= 4 is 39.4 Å². The third-order valence-corrected chi connectivity index (χ3v) is 6.81. The van der Waals surface area contributed by atoms with Crippen LogP contribution in [0.4, 0.5) is 8.78 Å². The van der Waals surface area contributed by atoms with Gasteiger partial charge in [-0.3, -0.25) is 4.79 Å². The number of ether oxygens (including phenoxy) is 1. The Hall–Kier alpha value is -2.75. The lowest BCUT2D eigenvalue weighted by Crippen LogP contribution is -2.40. The van der Waals surface area contributed by atoms with E-state index in [0.717, 1.165) is 18.2 Å². The summed E-state index contributed by atoms with van der Waals surface area (Å²) in [7, 11) is -0.278. The molecule has 148 valence electrons. The monoisotopic (exact) mass is 417 g/mol. The number of hydrogen-bond acceptors (Lipinski definition) is 6. The molecule has 0 bridgehead atoms. The maximum absolute atomic E-state index is 13.6. The molecule has 0 aliphatic carbocycles. The molecule has 2 N–H and O–H groups in total.